The number of ether oxygens (including phenoxy) is 1. The number of carboxylic acid groups (broad SMARTS) is 1. The Hall–Kier alpha value is -3.07. The fraction of sp³-hybridized carbons (Fsp3) is 0.348. The molecule has 32 heavy (non-hydrogen) atoms. The van der Waals surface area contributed by atoms with Crippen molar-refractivity contribution in [3.8, 4) is 0 Å². The molecule has 2 heterocycles. The first-order valence-electron chi connectivity index (χ1n) is 10.3. The number of esters is 1. The van der Waals surface area contributed by atoms with E-state index in [1.807, 2.05) is 6.92 Å². The van der Waals surface area contributed by atoms with Crippen LogP contribution in [-0.4, -0.2) is 52.9 Å². The normalized spacial score (nSPS) is 19.3. The fourth-order valence-corrected chi connectivity index (χ4v) is 5.16. The molecule has 0 spiro atoms. The van der Waals surface area contributed by atoms with Crippen LogP contribution >= 0.6 is 11.8 Å². The van der Waals surface area contributed by atoms with Crippen molar-refractivity contribution in [2.75, 3.05) is 23.7 Å². The van der Waals surface area contributed by atoms with E-state index in [4.69, 9.17) is 9.84 Å². The van der Waals surface area contributed by atoms with Gasteiger partial charge in [-0.15, -0.1) is 11.8 Å². The topological polar surface area (TPSA) is 87.2 Å². The van der Waals surface area contributed by atoms with Crippen LogP contribution in [0.2, 0.25) is 0 Å². The number of rotatable bonds is 4. The fourth-order valence-electron chi connectivity index (χ4n) is 4.00. The molecule has 0 aliphatic carbocycles. The first-order valence-corrected chi connectivity index (χ1v) is 11.4. The molecule has 2 aliphatic heterocycles. The third-order valence-electron chi connectivity index (χ3n) is 5.70. The molecule has 2 fully saturated rings. The molecular formula is C23H23FN2O5S. The van der Waals surface area contributed by atoms with Gasteiger partial charge in [-0.05, 0) is 48.4 Å². The van der Waals surface area contributed by atoms with Crippen molar-refractivity contribution in [1.29, 1.82) is 0 Å². The largest absolute Gasteiger partial charge is 0.465 e. The van der Waals surface area contributed by atoms with Crippen LogP contribution in [0.15, 0.2) is 42.5 Å². The van der Waals surface area contributed by atoms with E-state index < -0.39 is 12.1 Å². The summed E-state index contributed by atoms with van der Waals surface area (Å²) in [5.74, 6) is -0.527. The van der Waals surface area contributed by atoms with Crippen LogP contribution in [0.1, 0.15) is 39.7 Å². The van der Waals surface area contributed by atoms with Crippen LogP contribution in [-0.2, 0) is 9.53 Å². The average Bonchev–Trinajstić information content (AvgIpc) is 3.15. The van der Waals surface area contributed by atoms with Gasteiger partial charge in [-0.1, -0.05) is 12.1 Å². The van der Waals surface area contributed by atoms with E-state index in [1.54, 1.807) is 35.2 Å². The highest BCUT2D eigenvalue weighted by Gasteiger charge is 2.35. The van der Waals surface area contributed by atoms with Gasteiger partial charge in [-0.3, -0.25) is 9.69 Å². The minimum absolute atomic E-state index is 0.0482. The molecule has 2 saturated heterocycles. The summed E-state index contributed by atoms with van der Waals surface area (Å²) in [6.07, 6.45) is -0.353. The van der Waals surface area contributed by atoms with E-state index >= 15 is 0 Å². The molecular weight excluding hydrogens is 435 g/mol. The summed E-state index contributed by atoms with van der Waals surface area (Å²) in [5, 5.41) is 8.76. The lowest BCUT2D eigenvalue weighted by Crippen LogP contribution is -2.40. The maximum Gasteiger partial charge on any atom is 0.407 e. The highest BCUT2D eigenvalue weighted by molar-refractivity contribution is 8.00. The number of aryl methyl sites for hydroxylation is 1. The van der Waals surface area contributed by atoms with Crippen molar-refractivity contribution < 1.29 is 28.6 Å². The van der Waals surface area contributed by atoms with Gasteiger partial charge in [0.1, 0.15) is 17.3 Å². The van der Waals surface area contributed by atoms with Gasteiger partial charge in [-0.2, -0.15) is 0 Å². The molecule has 1 unspecified atom stereocenters. The second kappa shape index (κ2) is 9.20. The van der Waals surface area contributed by atoms with Gasteiger partial charge in [-0.25, -0.2) is 14.0 Å². The Labute approximate surface area is 189 Å². The van der Waals surface area contributed by atoms with Crippen molar-refractivity contribution in [2.24, 2.45) is 0 Å². The van der Waals surface area contributed by atoms with Crippen LogP contribution in [0.5, 0.6) is 0 Å². The smallest absolute Gasteiger partial charge is 0.407 e. The number of anilines is 1. The Bertz CT molecular complexity index is 1040. The van der Waals surface area contributed by atoms with Crippen molar-refractivity contribution in [3.63, 3.8) is 0 Å². The number of amides is 2. The highest BCUT2D eigenvalue weighted by Crippen LogP contribution is 2.42. The molecule has 2 aliphatic rings. The Morgan fingerprint density at radius 2 is 1.81 bits per heavy atom. The lowest BCUT2D eigenvalue weighted by atomic mass is 10.1. The minimum Gasteiger partial charge on any atom is -0.465 e. The zero-order valence-electron chi connectivity index (χ0n) is 17.5. The molecule has 0 radical (unpaired) electrons. The zero-order valence-corrected chi connectivity index (χ0v) is 18.3. The Kier molecular flexibility index (Phi) is 6.36. The zero-order chi connectivity index (χ0) is 22.8. The standard InChI is InChI=1S/C23H23FN2O5S/c1-14-12-16(22(28)31-18-8-10-25(11-9-18)23(29)30)4-7-19(14)26-20(27)13-32-21(26)15-2-5-17(24)6-3-15/h2-7,12,18,21H,8-11,13H2,1H3,(H,29,30). The van der Waals surface area contributed by atoms with Gasteiger partial charge in [0, 0.05) is 31.6 Å². The summed E-state index contributed by atoms with van der Waals surface area (Å²) in [4.78, 5) is 39.3. The Morgan fingerprint density at radius 3 is 2.44 bits per heavy atom. The third-order valence-corrected chi connectivity index (χ3v) is 6.91. The summed E-state index contributed by atoms with van der Waals surface area (Å²) >= 11 is 1.47. The summed E-state index contributed by atoms with van der Waals surface area (Å²) in [6.45, 7) is 2.50. The molecule has 0 bridgehead atoms. The van der Waals surface area contributed by atoms with Crippen LogP contribution in [0.3, 0.4) is 0 Å². The number of hydrogen-bond acceptors (Lipinski definition) is 5. The lowest BCUT2D eigenvalue weighted by Gasteiger charge is -2.29. The molecule has 0 aromatic heterocycles. The Balaban J connectivity index is 1.47. The van der Waals surface area contributed by atoms with Crippen molar-refractivity contribution >= 4 is 35.4 Å². The van der Waals surface area contributed by atoms with Gasteiger partial charge in [0.15, 0.2) is 0 Å². The van der Waals surface area contributed by atoms with Gasteiger partial charge >= 0.3 is 12.1 Å². The molecule has 9 heteroatoms. The molecule has 7 nitrogen and oxygen atoms in total. The number of hydrogen-bond donors (Lipinski definition) is 1. The van der Waals surface area contributed by atoms with E-state index in [1.165, 1.54) is 28.8 Å². The predicted molar refractivity (Wildman–Crippen MR) is 118 cm³/mol. The summed E-state index contributed by atoms with van der Waals surface area (Å²) < 4.78 is 18.9. The number of piperidine rings is 1. The van der Waals surface area contributed by atoms with Gasteiger partial charge < -0.3 is 14.7 Å². The lowest BCUT2D eigenvalue weighted by molar-refractivity contribution is -0.115. The van der Waals surface area contributed by atoms with Crippen LogP contribution in [0, 0.1) is 12.7 Å². The van der Waals surface area contributed by atoms with Crippen LogP contribution < -0.4 is 4.90 Å². The summed E-state index contributed by atoms with van der Waals surface area (Å²) in [6, 6.07) is 11.2. The number of benzene rings is 2. The summed E-state index contributed by atoms with van der Waals surface area (Å²) in [7, 11) is 0. The summed E-state index contributed by atoms with van der Waals surface area (Å²) in [5.41, 5.74) is 2.66. The van der Waals surface area contributed by atoms with E-state index in [-0.39, 0.29) is 23.2 Å². The maximum atomic E-state index is 13.3. The number of halogens is 1. The molecule has 1 N–H and O–H groups in total. The number of thioether (sulfide) groups is 1. The molecule has 4 rings (SSSR count). The van der Waals surface area contributed by atoms with E-state index in [9.17, 15) is 18.8 Å². The predicted octanol–water partition coefficient (Wildman–Crippen LogP) is 4.21. The van der Waals surface area contributed by atoms with Gasteiger partial charge in [0.05, 0.1) is 11.3 Å². The average molecular weight is 459 g/mol. The number of likely N-dealkylation sites (tertiary alicyclic amines) is 1. The monoisotopic (exact) mass is 458 g/mol. The second-order valence-electron chi connectivity index (χ2n) is 7.85. The SMILES string of the molecule is Cc1cc(C(=O)OC2CCN(C(=O)O)CC2)ccc1N1C(=O)CSC1c1ccc(F)cc1. The van der Waals surface area contributed by atoms with Crippen molar-refractivity contribution in [3.05, 3.63) is 65.0 Å². The van der Waals surface area contributed by atoms with E-state index in [2.05, 4.69) is 0 Å². The highest BCUT2D eigenvalue weighted by atomic mass is 32.2. The number of nitrogens with zero attached hydrogens (tertiary/aromatic N) is 2. The maximum absolute atomic E-state index is 13.3. The third kappa shape index (κ3) is 4.57. The van der Waals surface area contributed by atoms with E-state index in [0.29, 0.717) is 42.9 Å². The minimum atomic E-state index is -0.963. The molecule has 1 atom stereocenters. The van der Waals surface area contributed by atoms with Crippen molar-refractivity contribution in [1.82, 2.24) is 4.90 Å². The van der Waals surface area contributed by atoms with Crippen molar-refractivity contribution in [2.45, 2.75) is 31.2 Å². The molecule has 2 aromatic carbocycles. The van der Waals surface area contributed by atoms with Crippen LogP contribution in [0.25, 0.3) is 0 Å². The molecule has 0 saturated carbocycles. The van der Waals surface area contributed by atoms with Gasteiger partial charge in [0.2, 0.25) is 5.91 Å². The van der Waals surface area contributed by atoms with Crippen LogP contribution in [0.4, 0.5) is 14.9 Å². The number of carbonyl (C=O) groups excluding carboxylic acids is 2. The van der Waals surface area contributed by atoms with E-state index in [0.717, 1.165) is 11.1 Å². The molecule has 168 valence electrons. The first kappa shape index (κ1) is 22.1. The second-order valence-corrected chi connectivity index (χ2v) is 8.92. The van der Waals surface area contributed by atoms with Gasteiger partial charge in [0.25, 0.3) is 0 Å². The quantitative estimate of drug-likeness (QED) is 0.691. The molecule has 2 aromatic rings. The first-order chi connectivity index (χ1) is 15.3. The Morgan fingerprint density at radius 1 is 1.12 bits per heavy atom. The number of carbonyl (C=O) groups is 3. The molecule has 2 amide bonds.